The van der Waals surface area contributed by atoms with Gasteiger partial charge < -0.3 is 15.5 Å². The lowest BCUT2D eigenvalue weighted by Gasteiger charge is -2.24. The third-order valence-electron chi connectivity index (χ3n) is 5.71. The van der Waals surface area contributed by atoms with Crippen LogP contribution in [0.4, 0.5) is 17.1 Å². The number of rotatable bonds is 5. The summed E-state index contributed by atoms with van der Waals surface area (Å²) >= 11 is 1.45. The van der Waals surface area contributed by atoms with Crippen molar-refractivity contribution in [3.8, 4) is 0 Å². The van der Waals surface area contributed by atoms with E-state index < -0.39 is 5.25 Å². The highest BCUT2D eigenvalue weighted by Gasteiger charge is 2.29. The SMILES string of the molecule is O=C(CC1Sc2ccccc2NC1=O)Nc1ccccc1CN1CCc2ccccc21. The topological polar surface area (TPSA) is 61.4 Å². The molecule has 0 saturated carbocycles. The van der Waals surface area contributed by atoms with Gasteiger partial charge in [-0.3, -0.25) is 9.59 Å². The van der Waals surface area contributed by atoms with Gasteiger partial charge in [0.15, 0.2) is 0 Å². The van der Waals surface area contributed by atoms with Crippen LogP contribution in [0.2, 0.25) is 0 Å². The molecular weight excluding hydrogens is 406 g/mol. The molecule has 1 atom stereocenters. The van der Waals surface area contributed by atoms with Crippen molar-refractivity contribution in [3.05, 3.63) is 83.9 Å². The molecule has 31 heavy (non-hydrogen) atoms. The Labute approximate surface area is 185 Å². The van der Waals surface area contributed by atoms with E-state index in [-0.39, 0.29) is 18.2 Å². The second-order valence-electron chi connectivity index (χ2n) is 7.80. The first kappa shape index (κ1) is 19.7. The van der Waals surface area contributed by atoms with Crippen molar-refractivity contribution in [2.45, 2.75) is 29.5 Å². The van der Waals surface area contributed by atoms with Crippen molar-refractivity contribution in [2.75, 3.05) is 22.1 Å². The fourth-order valence-electron chi connectivity index (χ4n) is 4.15. The minimum atomic E-state index is -0.437. The molecule has 2 heterocycles. The lowest BCUT2D eigenvalue weighted by molar-refractivity contribution is -0.120. The molecule has 0 saturated heterocycles. The first-order valence-corrected chi connectivity index (χ1v) is 11.3. The fourth-order valence-corrected chi connectivity index (χ4v) is 5.26. The minimum Gasteiger partial charge on any atom is -0.367 e. The van der Waals surface area contributed by atoms with Crippen LogP contribution in [0.15, 0.2) is 77.7 Å². The monoisotopic (exact) mass is 429 g/mol. The highest BCUT2D eigenvalue weighted by atomic mass is 32.2. The van der Waals surface area contributed by atoms with Crippen molar-refractivity contribution in [1.82, 2.24) is 0 Å². The van der Waals surface area contributed by atoms with E-state index in [1.807, 2.05) is 42.5 Å². The normalized spacial score (nSPS) is 17.0. The van der Waals surface area contributed by atoms with Gasteiger partial charge >= 0.3 is 0 Å². The van der Waals surface area contributed by atoms with Gasteiger partial charge in [0.1, 0.15) is 0 Å². The van der Waals surface area contributed by atoms with Crippen LogP contribution in [0, 0.1) is 0 Å². The second-order valence-corrected chi connectivity index (χ2v) is 9.05. The molecule has 2 aliphatic heterocycles. The third kappa shape index (κ3) is 4.16. The number of carbonyl (C=O) groups excluding carboxylic acids is 2. The highest BCUT2D eigenvalue weighted by molar-refractivity contribution is 8.01. The molecule has 2 N–H and O–H groups in total. The molecular formula is C25H23N3O2S. The van der Waals surface area contributed by atoms with Crippen LogP contribution < -0.4 is 15.5 Å². The summed E-state index contributed by atoms with van der Waals surface area (Å²) in [7, 11) is 0. The molecule has 1 unspecified atom stereocenters. The Morgan fingerprint density at radius 3 is 2.74 bits per heavy atom. The van der Waals surface area contributed by atoms with Gasteiger partial charge in [-0.25, -0.2) is 0 Å². The van der Waals surface area contributed by atoms with Crippen LogP contribution in [-0.4, -0.2) is 23.6 Å². The van der Waals surface area contributed by atoms with Gasteiger partial charge in [0, 0.05) is 35.8 Å². The van der Waals surface area contributed by atoms with Crippen molar-refractivity contribution >= 4 is 40.6 Å². The van der Waals surface area contributed by atoms with E-state index in [2.05, 4.69) is 45.9 Å². The van der Waals surface area contributed by atoms with Gasteiger partial charge in [0.05, 0.1) is 10.9 Å². The largest absolute Gasteiger partial charge is 0.367 e. The summed E-state index contributed by atoms with van der Waals surface area (Å²) in [5.74, 6) is -0.276. The number of fused-ring (bicyclic) bond motifs is 2. The summed E-state index contributed by atoms with van der Waals surface area (Å²) in [6, 6.07) is 24.0. The van der Waals surface area contributed by atoms with E-state index in [1.54, 1.807) is 0 Å². The van der Waals surface area contributed by atoms with Gasteiger partial charge in [0.2, 0.25) is 11.8 Å². The Hall–Kier alpha value is -3.25. The first-order valence-electron chi connectivity index (χ1n) is 10.4. The Morgan fingerprint density at radius 2 is 1.81 bits per heavy atom. The predicted octanol–water partition coefficient (Wildman–Crippen LogP) is 4.69. The average Bonchev–Trinajstić information content (AvgIpc) is 3.18. The predicted molar refractivity (Wildman–Crippen MR) is 126 cm³/mol. The summed E-state index contributed by atoms with van der Waals surface area (Å²) in [5.41, 5.74) is 5.31. The molecule has 0 radical (unpaired) electrons. The lowest BCUT2D eigenvalue weighted by atomic mass is 10.1. The van der Waals surface area contributed by atoms with E-state index in [0.29, 0.717) is 0 Å². The van der Waals surface area contributed by atoms with Crippen molar-refractivity contribution in [2.24, 2.45) is 0 Å². The number of nitrogens with zero attached hydrogens (tertiary/aromatic N) is 1. The number of thioether (sulfide) groups is 1. The molecule has 0 spiro atoms. The van der Waals surface area contributed by atoms with E-state index in [4.69, 9.17) is 0 Å². The zero-order valence-electron chi connectivity index (χ0n) is 17.0. The summed E-state index contributed by atoms with van der Waals surface area (Å²) < 4.78 is 0. The van der Waals surface area contributed by atoms with Crippen molar-refractivity contribution in [1.29, 1.82) is 0 Å². The number of amides is 2. The zero-order chi connectivity index (χ0) is 21.2. The van der Waals surface area contributed by atoms with Crippen LogP contribution in [-0.2, 0) is 22.6 Å². The molecule has 5 rings (SSSR count). The summed E-state index contributed by atoms with van der Waals surface area (Å²) in [4.78, 5) is 28.6. The molecule has 0 aromatic heterocycles. The average molecular weight is 430 g/mol. The Kier molecular flexibility index (Phi) is 5.38. The molecule has 3 aromatic rings. The van der Waals surface area contributed by atoms with Crippen LogP contribution in [0.3, 0.4) is 0 Å². The van der Waals surface area contributed by atoms with E-state index in [9.17, 15) is 9.59 Å². The maximum atomic E-state index is 12.8. The number of para-hydroxylation sites is 3. The van der Waals surface area contributed by atoms with Crippen LogP contribution in [0.5, 0.6) is 0 Å². The van der Waals surface area contributed by atoms with E-state index in [0.717, 1.165) is 41.3 Å². The van der Waals surface area contributed by atoms with Gasteiger partial charge in [-0.1, -0.05) is 48.5 Å². The quantitative estimate of drug-likeness (QED) is 0.618. The third-order valence-corrected chi connectivity index (χ3v) is 6.99. The number of hydrogen-bond acceptors (Lipinski definition) is 4. The summed E-state index contributed by atoms with van der Waals surface area (Å²) in [5, 5.41) is 5.51. The molecule has 2 aliphatic rings. The number of nitrogens with one attached hydrogen (secondary N) is 2. The van der Waals surface area contributed by atoms with Gasteiger partial charge in [-0.2, -0.15) is 0 Å². The number of carbonyl (C=O) groups is 2. The Balaban J connectivity index is 1.27. The molecule has 0 bridgehead atoms. The zero-order valence-corrected chi connectivity index (χ0v) is 17.8. The number of benzene rings is 3. The van der Waals surface area contributed by atoms with Crippen molar-refractivity contribution < 1.29 is 9.59 Å². The number of anilines is 3. The second kappa shape index (κ2) is 8.47. The van der Waals surface area contributed by atoms with Gasteiger partial charge in [-0.05, 0) is 41.8 Å². The molecule has 156 valence electrons. The molecule has 0 aliphatic carbocycles. The van der Waals surface area contributed by atoms with E-state index >= 15 is 0 Å². The molecule has 0 fully saturated rings. The van der Waals surface area contributed by atoms with Crippen LogP contribution in [0.1, 0.15) is 17.5 Å². The number of hydrogen-bond donors (Lipinski definition) is 2. The summed E-state index contributed by atoms with van der Waals surface area (Å²) in [6.07, 6.45) is 1.17. The van der Waals surface area contributed by atoms with Crippen LogP contribution in [0.25, 0.3) is 0 Å². The van der Waals surface area contributed by atoms with Crippen LogP contribution >= 0.6 is 11.8 Å². The lowest BCUT2D eigenvalue weighted by Crippen LogP contribution is -2.32. The van der Waals surface area contributed by atoms with Gasteiger partial charge in [-0.15, -0.1) is 11.8 Å². The molecule has 5 nitrogen and oxygen atoms in total. The smallest absolute Gasteiger partial charge is 0.238 e. The van der Waals surface area contributed by atoms with Gasteiger partial charge in [0.25, 0.3) is 0 Å². The summed E-state index contributed by atoms with van der Waals surface area (Å²) in [6.45, 7) is 1.71. The molecule has 2 amide bonds. The van der Waals surface area contributed by atoms with E-state index in [1.165, 1.54) is 23.0 Å². The van der Waals surface area contributed by atoms with Crippen molar-refractivity contribution in [3.63, 3.8) is 0 Å². The molecule has 6 heteroatoms. The highest BCUT2D eigenvalue weighted by Crippen LogP contribution is 2.37. The Morgan fingerprint density at radius 1 is 1.03 bits per heavy atom. The fraction of sp³-hybridized carbons (Fsp3) is 0.200. The minimum absolute atomic E-state index is 0.124. The maximum absolute atomic E-state index is 12.8. The maximum Gasteiger partial charge on any atom is 0.238 e. The first-order chi connectivity index (χ1) is 15.2. The molecule has 3 aromatic carbocycles. The standard InChI is InChI=1S/C25H23N3O2S/c29-24(15-23-25(30)27-20-10-4-6-12-22(20)31-23)26-19-9-3-1-8-18(19)16-28-14-13-17-7-2-5-11-21(17)28/h1-12,23H,13-16H2,(H,26,29)(H,27,30). The Bertz CT molecular complexity index is 1150.